The standard InChI is InChI=1S/C12H21F2NO/c1-8(2)5-10-6-12(13,14)11(16)15(10)7-9(3)4/h8-10H,5-7H2,1-4H3/t10-/m1/s1. The monoisotopic (exact) mass is 233 g/mol. The predicted molar refractivity (Wildman–Crippen MR) is 59.4 cm³/mol. The molecule has 0 aromatic carbocycles. The zero-order valence-corrected chi connectivity index (χ0v) is 10.5. The quantitative estimate of drug-likeness (QED) is 0.731. The Bertz CT molecular complexity index is 264. The van der Waals surface area contributed by atoms with Crippen LogP contribution in [0.2, 0.25) is 0 Å². The maximum absolute atomic E-state index is 13.3. The first kappa shape index (κ1) is 13.4. The molecule has 0 aromatic heterocycles. The van der Waals surface area contributed by atoms with E-state index in [1.165, 1.54) is 4.90 Å². The van der Waals surface area contributed by atoms with Gasteiger partial charge in [0.1, 0.15) is 0 Å². The van der Waals surface area contributed by atoms with Gasteiger partial charge in [0.2, 0.25) is 0 Å². The van der Waals surface area contributed by atoms with Crippen LogP contribution in [-0.4, -0.2) is 29.3 Å². The summed E-state index contributed by atoms with van der Waals surface area (Å²) in [5.74, 6) is -3.56. The normalized spacial score (nSPS) is 24.9. The van der Waals surface area contributed by atoms with Gasteiger partial charge in [0.15, 0.2) is 0 Å². The summed E-state index contributed by atoms with van der Waals surface area (Å²) in [5.41, 5.74) is 0. The summed E-state index contributed by atoms with van der Waals surface area (Å²) in [6, 6.07) is -0.287. The Kier molecular flexibility index (Phi) is 3.92. The van der Waals surface area contributed by atoms with Crippen LogP contribution in [0.25, 0.3) is 0 Å². The molecule has 94 valence electrons. The second kappa shape index (κ2) is 4.68. The lowest BCUT2D eigenvalue weighted by atomic mass is 10.0. The summed E-state index contributed by atoms with van der Waals surface area (Å²) in [6.07, 6.45) is 0.352. The highest BCUT2D eigenvalue weighted by Crippen LogP contribution is 2.36. The molecule has 1 heterocycles. The fourth-order valence-electron chi connectivity index (χ4n) is 2.25. The molecule has 1 fully saturated rings. The maximum Gasteiger partial charge on any atom is 0.326 e. The summed E-state index contributed by atoms with van der Waals surface area (Å²) in [6.45, 7) is 8.31. The SMILES string of the molecule is CC(C)C[C@@H]1CC(F)(F)C(=O)N1CC(C)C. The third kappa shape index (κ3) is 2.92. The molecular weight excluding hydrogens is 212 g/mol. The number of hydrogen-bond acceptors (Lipinski definition) is 1. The highest BCUT2D eigenvalue weighted by atomic mass is 19.3. The number of alkyl halides is 2. The molecule has 0 unspecified atom stereocenters. The van der Waals surface area contributed by atoms with Crippen LogP contribution in [0.1, 0.15) is 40.5 Å². The Balaban J connectivity index is 2.77. The van der Waals surface area contributed by atoms with Gasteiger partial charge in [-0.25, -0.2) is 0 Å². The maximum atomic E-state index is 13.3. The van der Waals surface area contributed by atoms with Crippen LogP contribution >= 0.6 is 0 Å². The molecule has 0 spiro atoms. The van der Waals surface area contributed by atoms with E-state index >= 15 is 0 Å². The Hall–Kier alpha value is -0.670. The van der Waals surface area contributed by atoms with Crippen molar-refractivity contribution >= 4 is 5.91 Å². The average Bonchev–Trinajstić information content (AvgIpc) is 2.27. The van der Waals surface area contributed by atoms with Crippen molar-refractivity contribution in [1.29, 1.82) is 0 Å². The van der Waals surface area contributed by atoms with Gasteiger partial charge in [0, 0.05) is 19.0 Å². The van der Waals surface area contributed by atoms with Crippen LogP contribution < -0.4 is 0 Å². The van der Waals surface area contributed by atoms with Crippen LogP contribution in [-0.2, 0) is 4.79 Å². The van der Waals surface area contributed by atoms with E-state index < -0.39 is 11.8 Å². The van der Waals surface area contributed by atoms with Gasteiger partial charge in [0.05, 0.1) is 0 Å². The molecule has 1 saturated heterocycles. The van der Waals surface area contributed by atoms with Gasteiger partial charge in [-0.2, -0.15) is 8.78 Å². The minimum atomic E-state index is -3.14. The van der Waals surface area contributed by atoms with Crippen molar-refractivity contribution in [1.82, 2.24) is 4.90 Å². The third-order valence-electron chi connectivity index (χ3n) is 2.81. The van der Waals surface area contributed by atoms with Crippen molar-refractivity contribution in [2.75, 3.05) is 6.54 Å². The van der Waals surface area contributed by atoms with Gasteiger partial charge < -0.3 is 4.90 Å². The van der Waals surface area contributed by atoms with E-state index in [0.29, 0.717) is 18.9 Å². The van der Waals surface area contributed by atoms with E-state index in [9.17, 15) is 13.6 Å². The number of carbonyl (C=O) groups excluding carboxylic acids is 1. The molecule has 0 radical (unpaired) electrons. The minimum Gasteiger partial charge on any atom is -0.334 e. The van der Waals surface area contributed by atoms with E-state index in [1.54, 1.807) is 0 Å². The number of rotatable bonds is 4. The number of amides is 1. The van der Waals surface area contributed by atoms with Crippen LogP contribution in [0.4, 0.5) is 8.78 Å². The molecule has 4 heteroatoms. The first-order valence-corrected chi connectivity index (χ1v) is 5.93. The van der Waals surface area contributed by atoms with Crippen LogP contribution in [0.5, 0.6) is 0 Å². The number of nitrogens with zero attached hydrogens (tertiary/aromatic N) is 1. The molecule has 2 nitrogen and oxygen atoms in total. The van der Waals surface area contributed by atoms with Crippen molar-refractivity contribution in [2.45, 2.75) is 52.5 Å². The van der Waals surface area contributed by atoms with E-state index in [4.69, 9.17) is 0 Å². The highest BCUT2D eigenvalue weighted by molar-refractivity contribution is 5.86. The van der Waals surface area contributed by atoms with E-state index in [2.05, 4.69) is 0 Å². The molecule has 1 amide bonds. The predicted octanol–water partition coefficient (Wildman–Crippen LogP) is 2.92. The van der Waals surface area contributed by atoms with Crippen molar-refractivity contribution in [3.63, 3.8) is 0 Å². The molecule has 1 aliphatic heterocycles. The summed E-state index contributed by atoms with van der Waals surface area (Å²) in [4.78, 5) is 12.9. The van der Waals surface area contributed by atoms with Gasteiger partial charge >= 0.3 is 5.92 Å². The molecule has 0 saturated carbocycles. The van der Waals surface area contributed by atoms with E-state index in [1.807, 2.05) is 27.7 Å². The first-order chi connectivity index (χ1) is 7.24. The third-order valence-corrected chi connectivity index (χ3v) is 2.81. The van der Waals surface area contributed by atoms with E-state index in [-0.39, 0.29) is 18.4 Å². The summed E-state index contributed by atoms with van der Waals surface area (Å²) < 4.78 is 26.7. The first-order valence-electron chi connectivity index (χ1n) is 5.93. The Morgan fingerprint density at radius 3 is 2.31 bits per heavy atom. The minimum absolute atomic E-state index is 0.229. The topological polar surface area (TPSA) is 20.3 Å². The van der Waals surface area contributed by atoms with Gasteiger partial charge in [-0.3, -0.25) is 4.79 Å². The smallest absolute Gasteiger partial charge is 0.326 e. The summed E-state index contributed by atoms with van der Waals surface area (Å²) >= 11 is 0. The van der Waals surface area contributed by atoms with Crippen LogP contribution in [0.3, 0.4) is 0 Å². The fraction of sp³-hybridized carbons (Fsp3) is 0.917. The van der Waals surface area contributed by atoms with Crippen LogP contribution in [0.15, 0.2) is 0 Å². The Morgan fingerprint density at radius 1 is 1.31 bits per heavy atom. The Labute approximate surface area is 96.0 Å². The molecule has 1 aliphatic rings. The molecule has 0 aromatic rings. The number of hydrogen-bond donors (Lipinski definition) is 0. The van der Waals surface area contributed by atoms with Gasteiger partial charge in [-0.1, -0.05) is 27.7 Å². The van der Waals surface area contributed by atoms with E-state index in [0.717, 1.165) is 0 Å². The largest absolute Gasteiger partial charge is 0.334 e. The molecule has 1 atom stereocenters. The van der Waals surface area contributed by atoms with Crippen LogP contribution in [0, 0.1) is 11.8 Å². The van der Waals surface area contributed by atoms with Crippen molar-refractivity contribution in [3.8, 4) is 0 Å². The molecule has 0 aliphatic carbocycles. The lowest BCUT2D eigenvalue weighted by Gasteiger charge is -2.26. The lowest BCUT2D eigenvalue weighted by molar-refractivity contribution is -0.148. The highest BCUT2D eigenvalue weighted by Gasteiger charge is 2.53. The zero-order chi connectivity index (χ0) is 12.5. The Morgan fingerprint density at radius 2 is 1.88 bits per heavy atom. The average molecular weight is 233 g/mol. The second-order valence-corrected chi connectivity index (χ2v) is 5.54. The van der Waals surface area contributed by atoms with Crippen molar-refractivity contribution < 1.29 is 13.6 Å². The lowest BCUT2D eigenvalue weighted by Crippen LogP contribution is -2.39. The molecule has 0 N–H and O–H groups in total. The number of likely N-dealkylation sites (tertiary alicyclic amines) is 1. The molecular formula is C12H21F2NO. The molecule has 0 bridgehead atoms. The second-order valence-electron chi connectivity index (χ2n) is 5.54. The van der Waals surface area contributed by atoms with Crippen molar-refractivity contribution in [3.05, 3.63) is 0 Å². The van der Waals surface area contributed by atoms with Gasteiger partial charge in [-0.15, -0.1) is 0 Å². The van der Waals surface area contributed by atoms with Gasteiger partial charge in [-0.05, 0) is 18.3 Å². The zero-order valence-electron chi connectivity index (χ0n) is 10.5. The van der Waals surface area contributed by atoms with Crippen molar-refractivity contribution in [2.24, 2.45) is 11.8 Å². The number of carbonyl (C=O) groups is 1. The number of halogens is 2. The molecule has 16 heavy (non-hydrogen) atoms. The fourth-order valence-corrected chi connectivity index (χ4v) is 2.25. The summed E-state index contributed by atoms with van der Waals surface area (Å²) in [7, 11) is 0. The summed E-state index contributed by atoms with van der Waals surface area (Å²) in [5, 5.41) is 0. The van der Waals surface area contributed by atoms with Gasteiger partial charge in [0.25, 0.3) is 5.91 Å². The molecule has 1 rings (SSSR count).